The number of aromatic amines is 1. The molecule has 19 heteroatoms. The summed E-state index contributed by atoms with van der Waals surface area (Å²) in [5.41, 5.74) is 10.1. The minimum absolute atomic E-state index is 0.00181. The first-order valence-electron chi connectivity index (χ1n) is 10.1. The topological polar surface area (TPSA) is 287 Å². The molecule has 3 heterocycles. The molecular weight excluding hydrogens is 507 g/mol. The molecule has 0 radical (unpaired) electrons. The molecule has 0 saturated heterocycles. The van der Waals surface area contributed by atoms with Gasteiger partial charge in [0, 0.05) is 6.20 Å². The van der Waals surface area contributed by atoms with Crippen molar-refractivity contribution in [3.63, 3.8) is 0 Å². The van der Waals surface area contributed by atoms with Crippen molar-refractivity contribution in [3.05, 3.63) is 39.4 Å². The Labute approximate surface area is 201 Å². The first-order chi connectivity index (χ1) is 17.0. The number of aliphatic hydroxyl groups is 3. The lowest BCUT2D eigenvalue weighted by molar-refractivity contribution is -0.0488. The molecule has 3 rings (SSSR count). The van der Waals surface area contributed by atoms with Crippen LogP contribution < -0.4 is 22.7 Å². The normalized spacial score (nSPS) is 12.5. The highest BCUT2D eigenvalue weighted by molar-refractivity contribution is 7.51. The zero-order valence-corrected chi connectivity index (χ0v) is 19.6. The van der Waals surface area contributed by atoms with Gasteiger partial charge >= 0.3 is 13.3 Å². The Morgan fingerprint density at radius 3 is 2.28 bits per heavy atom. The maximum atomic E-state index is 11.5. The number of imidazole rings is 1. The van der Waals surface area contributed by atoms with Gasteiger partial charge < -0.3 is 46.0 Å². The van der Waals surface area contributed by atoms with Crippen molar-refractivity contribution in [1.82, 2.24) is 29.1 Å². The van der Waals surface area contributed by atoms with Crippen LogP contribution in [0.5, 0.6) is 0 Å². The fourth-order valence-corrected chi connectivity index (χ4v) is 2.99. The van der Waals surface area contributed by atoms with Gasteiger partial charge in [-0.25, -0.2) is 9.78 Å². The lowest BCUT2D eigenvalue weighted by atomic mass is 10.3. The number of anilines is 2. The van der Waals surface area contributed by atoms with E-state index in [9.17, 15) is 14.2 Å². The smallest absolute Gasteiger partial charge is 0.350 e. The van der Waals surface area contributed by atoms with Gasteiger partial charge in [-0.3, -0.25) is 23.5 Å². The molecule has 0 bridgehead atoms. The third-order valence-electron chi connectivity index (χ3n) is 4.33. The number of nitrogens with two attached hydrogens (primary N) is 2. The van der Waals surface area contributed by atoms with Crippen LogP contribution in [0, 0.1) is 0 Å². The second-order valence-electron chi connectivity index (χ2n) is 7.17. The summed E-state index contributed by atoms with van der Waals surface area (Å²) in [5, 5.41) is 26.7. The van der Waals surface area contributed by atoms with E-state index in [1.807, 2.05) is 0 Å². The van der Waals surface area contributed by atoms with Crippen molar-refractivity contribution in [3.8, 4) is 0 Å². The number of aliphatic hydroxyl groups excluding tert-OH is 3. The van der Waals surface area contributed by atoms with E-state index in [-0.39, 0.29) is 49.4 Å². The molecular formula is C17H27N8O10P. The number of ether oxygens (including phenoxy) is 2. The van der Waals surface area contributed by atoms with Gasteiger partial charge in [0.15, 0.2) is 11.2 Å². The molecule has 0 spiro atoms. The van der Waals surface area contributed by atoms with Crippen LogP contribution in [-0.2, 0) is 27.3 Å². The molecule has 10 N–H and O–H groups in total. The molecule has 0 aliphatic heterocycles. The molecule has 0 fully saturated rings. The molecule has 1 atom stereocenters. The zero-order valence-electron chi connectivity index (χ0n) is 18.7. The second-order valence-corrected chi connectivity index (χ2v) is 8.76. The van der Waals surface area contributed by atoms with E-state index >= 15 is 0 Å². The summed E-state index contributed by atoms with van der Waals surface area (Å²) in [7, 11) is -4.31. The summed E-state index contributed by atoms with van der Waals surface area (Å²) in [4.78, 5) is 53.7. The predicted octanol–water partition coefficient (Wildman–Crippen LogP) is -3.63. The lowest BCUT2D eigenvalue weighted by Crippen LogP contribution is -2.32. The fourth-order valence-electron chi connectivity index (χ4n) is 2.58. The maximum absolute atomic E-state index is 11.5. The number of nitrogens with zero attached hydrogens (tertiary/aromatic N) is 5. The van der Waals surface area contributed by atoms with E-state index in [0.717, 1.165) is 4.57 Å². The maximum Gasteiger partial charge on any atom is 0.350 e. The molecule has 0 aliphatic carbocycles. The van der Waals surface area contributed by atoms with Crippen LogP contribution >= 0.6 is 7.60 Å². The number of rotatable bonds is 11. The van der Waals surface area contributed by atoms with E-state index in [1.165, 1.54) is 23.2 Å². The van der Waals surface area contributed by atoms with Gasteiger partial charge in [-0.2, -0.15) is 9.97 Å². The van der Waals surface area contributed by atoms with Crippen molar-refractivity contribution in [2.75, 3.05) is 37.6 Å². The van der Waals surface area contributed by atoms with Gasteiger partial charge in [-0.15, -0.1) is 0 Å². The summed E-state index contributed by atoms with van der Waals surface area (Å²) in [6, 6.07) is 1.39. The van der Waals surface area contributed by atoms with Gasteiger partial charge in [-0.05, 0) is 6.07 Å². The molecule has 200 valence electrons. The fraction of sp³-hybridized carbons (Fsp3) is 0.471. The molecule has 36 heavy (non-hydrogen) atoms. The lowest BCUT2D eigenvalue weighted by Gasteiger charge is -2.16. The predicted molar refractivity (Wildman–Crippen MR) is 123 cm³/mol. The van der Waals surface area contributed by atoms with E-state index in [2.05, 4.69) is 19.9 Å². The van der Waals surface area contributed by atoms with Crippen molar-refractivity contribution in [2.24, 2.45) is 0 Å². The van der Waals surface area contributed by atoms with Crippen LogP contribution in [0.4, 0.5) is 11.8 Å². The number of hydrogen-bond donors (Lipinski definition) is 8. The largest absolute Gasteiger partial charge is 0.394 e. The minimum Gasteiger partial charge on any atom is -0.394 e. The third kappa shape index (κ3) is 8.77. The van der Waals surface area contributed by atoms with Gasteiger partial charge in [0.2, 0.25) is 5.95 Å². The van der Waals surface area contributed by atoms with Crippen molar-refractivity contribution in [2.45, 2.75) is 25.5 Å². The van der Waals surface area contributed by atoms with Crippen LogP contribution in [0.2, 0.25) is 0 Å². The summed E-state index contributed by atoms with van der Waals surface area (Å²) in [6.07, 6.45) is 0.296. The zero-order chi connectivity index (χ0) is 26.9. The van der Waals surface area contributed by atoms with Gasteiger partial charge in [0.05, 0.1) is 38.8 Å². The summed E-state index contributed by atoms with van der Waals surface area (Å²) >= 11 is 0. The summed E-state index contributed by atoms with van der Waals surface area (Å²) in [5.74, 6) is 0.0445. The standard InChI is InChI=1S/C9H13N5O4.C8H14N3O6P/c10-9-12-7-6(8(17)13-9)11-3-14(7)4-18-5(1-15)2-16;9-7-1-2-11(8(13)10-7)3-6(4-12)17-5-18(14,15)16/h3,5,15-16H,1-2,4H2,(H3,10,12,13,17);1-2,6,12H,3-5H2,(H2,9,10,13)(H2,14,15,16)/t;6-/m.0/s1. The summed E-state index contributed by atoms with van der Waals surface area (Å²) in [6.45, 7) is -1.18. The van der Waals surface area contributed by atoms with E-state index in [0.29, 0.717) is 0 Å². The monoisotopic (exact) mass is 534 g/mol. The highest BCUT2D eigenvalue weighted by atomic mass is 31.2. The van der Waals surface area contributed by atoms with Gasteiger partial charge in [-0.1, -0.05) is 0 Å². The molecule has 3 aromatic rings. The van der Waals surface area contributed by atoms with Crippen LogP contribution in [0.25, 0.3) is 11.2 Å². The average Bonchev–Trinajstić information content (AvgIpc) is 3.21. The van der Waals surface area contributed by atoms with Crippen LogP contribution in [-0.4, -0.2) is 92.6 Å². The first-order valence-corrected chi connectivity index (χ1v) is 11.9. The molecule has 0 saturated carbocycles. The number of aromatic nitrogens is 6. The summed E-state index contributed by atoms with van der Waals surface area (Å²) < 4.78 is 23.2. The number of hydrogen-bond acceptors (Lipinski definition) is 13. The molecule has 0 unspecified atom stereocenters. The van der Waals surface area contributed by atoms with Crippen molar-refractivity contribution >= 4 is 30.5 Å². The van der Waals surface area contributed by atoms with Crippen molar-refractivity contribution < 1.29 is 39.1 Å². The van der Waals surface area contributed by atoms with Crippen LogP contribution in [0.3, 0.4) is 0 Å². The van der Waals surface area contributed by atoms with E-state index in [4.69, 9.17) is 46.0 Å². The highest BCUT2D eigenvalue weighted by Gasteiger charge is 2.18. The number of H-pyrrole nitrogens is 1. The molecule has 18 nitrogen and oxygen atoms in total. The number of fused-ring (bicyclic) bond motifs is 1. The van der Waals surface area contributed by atoms with E-state index < -0.39 is 44.0 Å². The van der Waals surface area contributed by atoms with Gasteiger partial charge in [0.1, 0.15) is 25.0 Å². The Bertz CT molecular complexity index is 1280. The highest BCUT2D eigenvalue weighted by Crippen LogP contribution is 2.34. The molecule has 0 amide bonds. The molecule has 3 aromatic heterocycles. The quantitative estimate of drug-likeness (QED) is 0.110. The number of nitrogens with one attached hydrogen (secondary N) is 1. The van der Waals surface area contributed by atoms with Crippen molar-refractivity contribution in [1.29, 1.82) is 0 Å². The molecule has 0 aliphatic rings. The van der Waals surface area contributed by atoms with Gasteiger partial charge in [0.25, 0.3) is 5.56 Å². The van der Waals surface area contributed by atoms with E-state index in [1.54, 1.807) is 0 Å². The third-order valence-corrected chi connectivity index (χ3v) is 4.81. The Kier molecular flexibility index (Phi) is 10.6. The Hall–Kier alpha value is -3.22. The Morgan fingerprint density at radius 2 is 1.69 bits per heavy atom. The number of nitrogen functional groups attached to an aromatic ring is 2. The average molecular weight is 534 g/mol. The molecule has 0 aromatic carbocycles. The first kappa shape index (κ1) is 29.0. The minimum atomic E-state index is -4.31. The Morgan fingerprint density at radius 1 is 1.03 bits per heavy atom. The van der Waals surface area contributed by atoms with Crippen LogP contribution in [0.1, 0.15) is 0 Å². The van der Waals surface area contributed by atoms with Crippen LogP contribution in [0.15, 0.2) is 28.2 Å². The SMILES string of the molecule is Nc1ccn(C[C@@H](CO)OCP(=O)(O)O)c(=O)n1.Nc1nc2c(ncn2COC(CO)CO)c(=O)[nH]1. The second kappa shape index (κ2) is 13.2. The Balaban J connectivity index is 0.000000254.